The summed E-state index contributed by atoms with van der Waals surface area (Å²) >= 11 is 12.7. The highest BCUT2D eigenvalue weighted by Crippen LogP contribution is 2.38. The van der Waals surface area contributed by atoms with Crippen LogP contribution in [0.2, 0.25) is 10.0 Å². The molecule has 3 heterocycles. The quantitative estimate of drug-likeness (QED) is 0.0882. The molecule has 290 valence electrons. The fourth-order valence-corrected chi connectivity index (χ4v) is 7.70. The summed E-state index contributed by atoms with van der Waals surface area (Å²) < 4.78 is 75.6. The molecule has 6 rings (SSSR count). The van der Waals surface area contributed by atoms with E-state index in [2.05, 4.69) is 4.74 Å². The van der Waals surface area contributed by atoms with Crippen LogP contribution in [0.1, 0.15) is 50.8 Å². The molecule has 14 nitrogen and oxygen atoms in total. The first kappa shape index (κ1) is 39.4. The molecule has 0 N–H and O–H groups in total. The highest BCUT2D eigenvalue weighted by atomic mass is 35.5. The van der Waals surface area contributed by atoms with Gasteiger partial charge in [0.2, 0.25) is 10.0 Å². The zero-order valence-corrected chi connectivity index (χ0v) is 31.2. The lowest BCUT2D eigenvalue weighted by molar-refractivity contribution is -0.605. The van der Waals surface area contributed by atoms with Gasteiger partial charge in [-0.15, -0.1) is 0 Å². The zero-order valence-electron chi connectivity index (χ0n) is 28.9. The molecule has 1 saturated heterocycles. The van der Waals surface area contributed by atoms with Crippen LogP contribution in [0.4, 0.5) is 14.5 Å². The van der Waals surface area contributed by atoms with E-state index in [-0.39, 0.29) is 75.0 Å². The molecule has 3 aliphatic rings. The van der Waals surface area contributed by atoms with Crippen molar-refractivity contribution in [2.45, 2.75) is 32.0 Å². The van der Waals surface area contributed by atoms with E-state index in [1.165, 1.54) is 36.4 Å². The first-order valence-corrected chi connectivity index (χ1v) is 19.5. The van der Waals surface area contributed by atoms with Gasteiger partial charge in [0.1, 0.15) is 22.7 Å². The van der Waals surface area contributed by atoms with E-state index in [4.69, 9.17) is 37.4 Å². The number of benzene rings is 2. The van der Waals surface area contributed by atoms with Gasteiger partial charge in [-0.05, 0) is 48.6 Å². The van der Waals surface area contributed by atoms with Gasteiger partial charge in [0.15, 0.2) is 23.9 Å². The molecule has 1 atom stereocenters. The minimum atomic E-state index is -3.93. The van der Waals surface area contributed by atoms with Gasteiger partial charge in [-0.2, -0.15) is 13.5 Å². The maximum absolute atomic E-state index is 13.9. The Hall–Kier alpha value is -4.29. The van der Waals surface area contributed by atoms with Crippen molar-refractivity contribution in [2.75, 3.05) is 63.1 Å². The fourth-order valence-electron chi connectivity index (χ4n) is 6.18. The van der Waals surface area contributed by atoms with Crippen LogP contribution in [0, 0.1) is 11.1 Å². The van der Waals surface area contributed by atoms with Gasteiger partial charge >= 0.3 is 12.6 Å². The highest BCUT2D eigenvalue weighted by molar-refractivity contribution is 7.92. The SMILES string of the molecule is CS(=O)(=O)N(CCN1CCOCC1)c1cccc2c1C(=O)N(CC(=O)OC(Cc1c(Cl)c[n+]([O-])cc1Cl)c1ccc(OC(F)F)c(OCC3CC3)c1)C2=O. The molecule has 2 fully saturated rings. The number of halogens is 4. The fraction of sp³-hybridized carbons (Fsp3) is 0.429. The van der Waals surface area contributed by atoms with Gasteiger partial charge < -0.3 is 24.2 Å². The number of fused-ring (bicyclic) bond motifs is 1. The Morgan fingerprint density at radius 1 is 1.07 bits per heavy atom. The summed E-state index contributed by atoms with van der Waals surface area (Å²) in [6.07, 6.45) is 3.43. The van der Waals surface area contributed by atoms with Crippen LogP contribution in [0.3, 0.4) is 0 Å². The van der Waals surface area contributed by atoms with Gasteiger partial charge in [-0.25, -0.2) is 8.42 Å². The molecule has 1 aliphatic carbocycles. The number of sulfonamides is 1. The molecule has 0 bridgehead atoms. The molecule has 3 aromatic rings. The number of aromatic nitrogens is 1. The molecule has 2 amide bonds. The van der Waals surface area contributed by atoms with Crippen molar-refractivity contribution in [2.24, 2.45) is 5.92 Å². The third-order valence-corrected chi connectivity index (χ3v) is 10.9. The summed E-state index contributed by atoms with van der Waals surface area (Å²) in [6.45, 7) is -1.26. The van der Waals surface area contributed by atoms with Crippen molar-refractivity contribution in [3.8, 4) is 11.5 Å². The number of carbonyl (C=O) groups excluding carboxylic acids is 3. The lowest BCUT2D eigenvalue weighted by Crippen LogP contribution is -2.43. The number of esters is 1. The molecule has 0 spiro atoms. The number of morpholine rings is 1. The third-order valence-electron chi connectivity index (χ3n) is 9.10. The number of imide groups is 1. The number of anilines is 1. The third kappa shape index (κ3) is 9.32. The second-order valence-electron chi connectivity index (χ2n) is 13.0. The standard InChI is InChI=1S/C35H36Cl2F2N4O10S/c1-54(48,49)43(10-9-40-11-13-50-14-12-40)27-4-2-3-23-32(27)34(46)42(33(23)45)19-31(44)52-29(16-24-25(36)17-41(47)18-26(24)37)22-7-8-28(53-35(38)39)30(15-22)51-20-21-5-6-21/h2-4,7-8,15,17-18,21,29,35H,5-6,9-14,16,19-20H2,1H3. The Morgan fingerprint density at radius 3 is 2.43 bits per heavy atom. The second-order valence-corrected chi connectivity index (χ2v) is 15.7. The van der Waals surface area contributed by atoms with Gasteiger partial charge in [-0.1, -0.05) is 35.3 Å². The largest absolute Gasteiger partial charge is 0.619 e. The van der Waals surface area contributed by atoms with Gasteiger partial charge in [-0.3, -0.25) is 28.5 Å². The number of hydrogen-bond donors (Lipinski definition) is 0. The van der Waals surface area contributed by atoms with E-state index in [1.807, 2.05) is 4.90 Å². The Labute approximate surface area is 319 Å². The van der Waals surface area contributed by atoms with Crippen LogP contribution in [-0.4, -0.2) is 101 Å². The molecular formula is C35H36Cl2F2N4O10S. The number of carbonyl (C=O) groups is 3. The summed E-state index contributed by atoms with van der Waals surface area (Å²) in [5.74, 6) is -2.85. The van der Waals surface area contributed by atoms with Crippen LogP contribution in [-0.2, 0) is 30.7 Å². The van der Waals surface area contributed by atoms with Crippen molar-refractivity contribution >= 4 is 56.7 Å². The first-order valence-electron chi connectivity index (χ1n) is 16.9. The molecule has 1 saturated carbocycles. The van der Waals surface area contributed by atoms with Gasteiger partial charge in [0.05, 0.1) is 42.9 Å². The summed E-state index contributed by atoms with van der Waals surface area (Å²) in [5, 5.41) is 11.8. The molecule has 1 aromatic heterocycles. The van der Waals surface area contributed by atoms with Crippen LogP contribution >= 0.6 is 23.2 Å². The molecule has 2 aliphatic heterocycles. The van der Waals surface area contributed by atoms with E-state index < -0.39 is 47.1 Å². The number of alkyl halides is 2. The van der Waals surface area contributed by atoms with E-state index in [0.717, 1.165) is 35.8 Å². The average molecular weight is 814 g/mol. The lowest BCUT2D eigenvalue weighted by Gasteiger charge is -2.30. The van der Waals surface area contributed by atoms with Gasteiger partial charge in [0.25, 0.3) is 11.8 Å². The number of amides is 2. The van der Waals surface area contributed by atoms with Crippen molar-refractivity contribution < 1.29 is 55.3 Å². The number of rotatable bonds is 16. The summed E-state index contributed by atoms with van der Waals surface area (Å²) in [6, 6.07) is 8.19. The smallest absolute Gasteiger partial charge is 0.387 e. The second kappa shape index (κ2) is 16.6. The van der Waals surface area contributed by atoms with Crippen LogP contribution in [0.15, 0.2) is 48.8 Å². The minimum absolute atomic E-state index is 0.00900. The van der Waals surface area contributed by atoms with E-state index in [9.17, 15) is 36.8 Å². The Kier molecular flexibility index (Phi) is 12.1. The Bertz CT molecular complexity index is 2010. The van der Waals surface area contributed by atoms with Crippen LogP contribution in [0.5, 0.6) is 11.5 Å². The monoisotopic (exact) mass is 812 g/mol. The van der Waals surface area contributed by atoms with E-state index in [0.29, 0.717) is 42.5 Å². The van der Waals surface area contributed by atoms with Crippen molar-refractivity contribution in [1.82, 2.24) is 9.80 Å². The van der Waals surface area contributed by atoms with Crippen molar-refractivity contribution in [1.29, 1.82) is 0 Å². The predicted octanol–water partition coefficient (Wildman–Crippen LogP) is 4.24. The van der Waals surface area contributed by atoms with Crippen LogP contribution in [0.25, 0.3) is 0 Å². The summed E-state index contributed by atoms with van der Waals surface area (Å²) in [5.41, 5.74) is 0.155. The maximum Gasteiger partial charge on any atom is 0.387 e. The molecular weight excluding hydrogens is 777 g/mol. The van der Waals surface area contributed by atoms with Crippen molar-refractivity contribution in [3.05, 3.63) is 86.3 Å². The molecule has 19 heteroatoms. The Balaban J connectivity index is 1.26. The zero-order chi connectivity index (χ0) is 38.7. The number of hydrogen-bond acceptors (Lipinski definition) is 11. The normalized spacial score (nSPS) is 16.7. The molecule has 2 aromatic carbocycles. The molecule has 54 heavy (non-hydrogen) atoms. The van der Waals surface area contributed by atoms with Crippen molar-refractivity contribution in [3.63, 3.8) is 0 Å². The average Bonchev–Trinajstić information content (AvgIpc) is 3.91. The van der Waals surface area contributed by atoms with Gasteiger partial charge in [0, 0.05) is 38.2 Å². The maximum atomic E-state index is 13.9. The lowest BCUT2D eigenvalue weighted by atomic mass is 10.0. The number of ether oxygens (including phenoxy) is 4. The minimum Gasteiger partial charge on any atom is -0.619 e. The van der Waals surface area contributed by atoms with E-state index in [1.54, 1.807) is 0 Å². The molecule has 1 unspecified atom stereocenters. The number of nitrogens with zero attached hydrogens (tertiary/aromatic N) is 4. The van der Waals surface area contributed by atoms with E-state index >= 15 is 0 Å². The van der Waals surface area contributed by atoms with Crippen LogP contribution < -0.4 is 18.5 Å². The highest BCUT2D eigenvalue weighted by Gasteiger charge is 2.41. The Morgan fingerprint density at radius 2 is 1.78 bits per heavy atom. The summed E-state index contributed by atoms with van der Waals surface area (Å²) in [7, 11) is -3.93. The molecule has 0 radical (unpaired) electrons. The topological polar surface area (TPSA) is 159 Å². The first-order chi connectivity index (χ1) is 25.7. The summed E-state index contributed by atoms with van der Waals surface area (Å²) in [4.78, 5) is 43.8. The number of pyridine rings is 1. The predicted molar refractivity (Wildman–Crippen MR) is 191 cm³/mol.